The highest BCUT2D eigenvalue weighted by molar-refractivity contribution is 5.92. The van der Waals surface area contributed by atoms with Crippen LogP contribution >= 0.6 is 0 Å². The Bertz CT molecular complexity index is 673. The standard InChI is InChI=1S/C14H12N4O/c19-13(16-9-11-5-2-1-3-6-11)12-10-18-8-4-7-15-14(18)17-12/h1-8,10H,9H2,(H,16,19). The lowest BCUT2D eigenvalue weighted by Gasteiger charge is -2.02. The van der Waals surface area contributed by atoms with Crippen LogP contribution in [0.1, 0.15) is 16.1 Å². The lowest BCUT2D eigenvalue weighted by atomic mass is 10.2. The zero-order chi connectivity index (χ0) is 13.1. The topological polar surface area (TPSA) is 59.3 Å². The molecule has 0 atom stereocenters. The molecular weight excluding hydrogens is 240 g/mol. The van der Waals surface area contributed by atoms with Crippen molar-refractivity contribution >= 4 is 11.7 Å². The highest BCUT2D eigenvalue weighted by Gasteiger charge is 2.10. The Kier molecular flexibility index (Phi) is 2.94. The zero-order valence-corrected chi connectivity index (χ0v) is 10.2. The number of fused-ring (bicyclic) bond motifs is 1. The van der Waals surface area contributed by atoms with Crippen LogP contribution in [0.4, 0.5) is 0 Å². The summed E-state index contributed by atoms with van der Waals surface area (Å²) in [6.45, 7) is 0.487. The largest absolute Gasteiger partial charge is 0.347 e. The summed E-state index contributed by atoms with van der Waals surface area (Å²) in [4.78, 5) is 20.2. The van der Waals surface area contributed by atoms with Gasteiger partial charge in [0.25, 0.3) is 5.91 Å². The smallest absolute Gasteiger partial charge is 0.271 e. The van der Waals surface area contributed by atoms with Crippen LogP contribution < -0.4 is 5.32 Å². The third-order valence-corrected chi connectivity index (χ3v) is 2.76. The van der Waals surface area contributed by atoms with Crippen molar-refractivity contribution in [3.8, 4) is 0 Å². The van der Waals surface area contributed by atoms with Gasteiger partial charge in [-0.2, -0.15) is 0 Å². The van der Waals surface area contributed by atoms with Crippen molar-refractivity contribution < 1.29 is 4.79 Å². The molecule has 0 spiro atoms. The Balaban J connectivity index is 1.73. The molecule has 3 aromatic rings. The van der Waals surface area contributed by atoms with Crippen molar-refractivity contribution in [1.29, 1.82) is 0 Å². The molecule has 5 nitrogen and oxygen atoms in total. The molecular formula is C14H12N4O. The summed E-state index contributed by atoms with van der Waals surface area (Å²) in [6, 6.07) is 11.5. The SMILES string of the molecule is O=C(NCc1ccccc1)c1cn2cccnc2n1. The van der Waals surface area contributed by atoms with Crippen LogP contribution in [0.5, 0.6) is 0 Å². The maximum Gasteiger partial charge on any atom is 0.271 e. The summed E-state index contributed by atoms with van der Waals surface area (Å²) in [5, 5.41) is 2.83. The molecule has 19 heavy (non-hydrogen) atoms. The van der Waals surface area contributed by atoms with Crippen molar-refractivity contribution in [3.63, 3.8) is 0 Å². The summed E-state index contributed by atoms with van der Waals surface area (Å²) >= 11 is 0. The van der Waals surface area contributed by atoms with Crippen LogP contribution in [0.25, 0.3) is 5.78 Å². The number of nitrogens with one attached hydrogen (secondary N) is 1. The Morgan fingerprint density at radius 1 is 1.21 bits per heavy atom. The predicted octanol–water partition coefficient (Wildman–Crippen LogP) is 1.66. The third kappa shape index (κ3) is 2.44. The third-order valence-electron chi connectivity index (χ3n) is 2.76. The molecule has 5 heteroatoms. The molecule has 0 saturated carbocycles. The van der Waals surface area contributed by atoms with Gasteiger partial charge in [-0.3, -0.25) is 9.20 Å². The fraction of sp³-hybridized carbons (Fsp3) is 0.0714. The molecule has 0 aliphatic carbocycles. The fourth-order valence-electron chi connectivity index (χ4n) is 1.81. The first-order chi connectivity index (χ1) is 9.33. The minimum Gasteiger partial charge on any atom is -0.347 e. The first-order valence-corrected chi connectivity index (χ1v) is 5.95. The summed E-state index contributed by atoms with van der Waals surface area (Å²) in [6.07, 6.45) is 5.12. The van der Waals surface area contributed by atoms with Gasteiger partial charge in [-0.15, -0.1) is 0 Å². The minimum atomic E-state index is -0.200. The van der Waals surface area contributed by atoms with E-state index in [0.717, 1.165) is 5.56 Å². The number of benzene rings is 1. The molecule has 0 fully saturated rings. The quantitative estimate of drug-likeness (QED) is 0.771. The van der Waals surface area contributed by atoms with E-state index in [1.165, 1.54) is 0 Å². The molecule has 94 valence electrons. The number of imidazole rings is 1. The second-order valence-corrected chi connectivity index (χ2v) is 4.12. The van der Waals surface area contributed by atoms with Crippen molar-refractivity contribution in [2.24, 2.45) is 0 Å². The van der Waals surface area contributed by atoms with Gasteiger partial charge in [0.1, 0.15) is 5.69 Å². The van der Waals surface area contributed by atoms with Crippen LogP contribution in [-0.2, 0) is 6.54 Å². The van der Waals surface area contributed by atoms with Gasteiger partial charge in [0.05, 0.1) is 0 Å². The van der Waals surface area contributed by atoms with Crippen molar-refractivity contribution in [1.82, 2.24) is 19.7 Å². The number of nitrogens with zero attached hydrogens (tertiary/aromatic N) is 3. The lowest BCUT2D eigenvalue weighted by Crippen LogP contribution is -2.23. The van der Waals surface area contributed by atoms with Crippen LogP contribution in [0.3, 0.4) is 0 Å². The molecule has 1 amide bonds. The Morgan fingerprint density at radius 3 is 2.84 bits per heavy atom. The molecule has 3 rings (SSSR count). The average Bonchev–Trinajstić information content (AvgIpc) is 2.90. The summed E-state index contributed by atoms with van der Waals surface area (Å²) in [5.74, 6) is 0.321. The number of amides is 1. The van der Waals surface area contributed by atoms with Crippen molar-refractivity contribution in [2.45, 2.75) is 6.54 Å². The number of aromatic nitrogens is 3. The van der Waals surface area contributed by atoms with Crippen molar-refractivity contribution in [3.05, 3.63) is 66.2 Å². The van der Waals surface area contributed by atoms with Crippen LogP contribution in [0.15, 0.2) is 55.0 Å². The second-order valence-electron chi connectivity index (χ2n) is 4.12. The highest BCUT2D eigenvalue weighted by atomic mass is 16.1. The van der Waals surface area contributed by atoms with Gasteiger partial charge in [0.15, 0.2) is 0 Å². The monoisotopic (exact) mass is 252 g/mol. The fourth-order valence-corrected chi connectivity index (χ4v) is 1.81. The van der Waals surface area contributed by atoms with Gasteiger partial charge < -0.3 is 5.32 Å². The lowest BCUT2D eigenvalue weighted by molar-refractivity contribution is 0.0946. The summed E-state index contributed by atoms with van der Waals surface area (Å²) < 4.78 is 1.72. The number of hydrogen-bond acceptors (Lipinski definition) is 3. The van der Waals surface area contributed by atoms with E-state index in [1.54, 1.807) is 22.9 Å². The molecule has 2 aromatic heterocycles. The molecule has 1 N–H and O–H groups in total. The highest BCUT2D eigenvalue weighted by Crippen LogP contribution is 2.03. The Labute approximate surface area is 109 Å². The van der Waals surface area contributed by atoms with Gasteiger partial charge in [-0.05, 0) is 11.6 Å². The van der Waals surface area contributed by atoms with Crippen molar-refractivity contribution in [2.75, 3.05) is 0 Å². The molecule has 0 bridgehead atoms. The maximum absolute atomic E-state index is 12.0. The molecule has 0 unspecified atom stereocenters. The minimum absolute atomic E-state index is 0.200. The Morgan fingerprint density at radius 2 is 2.05 bits per heavy atom. The van der Waals surface area contributed by atoms with E-state index in [4.69, 9.17) is 0 Å². The first-order valence-electron chi connectivity index (χ1n) is 5.95. The van der Waals surface area contributed by atoms with Gasteiger partial charge >= 0.3 is 0 Å². The molecule has 0 aliphatic heterocycles. The molecule has 0 aliphatic rings. The molecule has 0 saturated heterocycles. The molecule has 2 heterocycles. The normalized spacial score (nSPS) is 10.5. The van der Waals surface area contributed by atoms with Gasteiger partial charge in [-0.25, -0.2) is 9.97 Å². The maximum atomic E-state index is 12.0. The van der Waals surface area contributed by atoms with Crippen LogP contribution in [-0.4, -0.2) is 20.3 Å². The molecule has 1 aromatic carbocycles. The first kappa shape index (κ1) is 11.4. The van der Waals surface area contributed by atoms with E-state index in [2.05, 4.69) is 15.3 Å². The van der Waals surface area contributed by atoms with Crippen LogP contribution in [0, 0.1) is 0 Å². The number of rotatable bonds is 3. The second kappa shape index (κ2) is 4.89. The van der Waals surface area contributed by atoms with E-state index in [-0.39, 0.29) is 5.91 Å². The van der Waals surface area contributed by atoms with E-state index >= 15 is 0 Å². The summed E-state index contributed by atoms with van der Waals surface area (Å²) in [5.41, 5.74) is 1.42. The Hall–Kier alpha value is -2.69. The van der Waals surface area contributed by atoms with Gasteiger partial charge in [0.2, 0.25) is 5.78 Å². The van der Waals surface area contributed by atoms with E-state index in [9.17, 15) is 4.79 Å². The van der Waals surface area contributed by atoms with E-state index in [1.807, 2.05) is 36.5 Å². The van der Waals surface area contributed by atoms with E-state index < -0.39 is 0 Å². The number of carbonyl (C=O) groups is 1. The van der Waals surface area contributed by atoms with Gasteiger partial charge in [0, 0.05) is 25.1 Å². The van der Waals surface area contributed by atoms with Gasteiger partial charge in [-0.1, -0.05) is 30.3 Å². The summed E-state index contributed by atoms with van der Waals surface area (Å²) in [7, 11) is 0. The van der Waals surface area contributed by atoms with E-state index in [0.29, 0.717) is 18.0 Å². The average molecular weight is 252 g/mol. The van der Waals surface area contributed by atoms with Crippen LogP contribution in [0.2, 0.25) is 0 Å². The number of hydrogen-bond donors (Lipinski definition) is 1. The molecule has 0 radical (unpaired) electrons. The zero-order valence-electron chi connectivity index (χ0n) is 10.2. The number of carbonyl (C=O) groups excluding carboxylic acids is 1. The predicted molar refractivity (Wildman–Crippen MR) is 70.6 cm³/mol.